The Hall–Kier alpha value is -4.11. The number of alkyl halides is 3. The minimum atomic E-state index is -3.25. The van der Waals surface area contributed by atoms with E-state index in [-0.39, 0.29) is 28.4 Å². The molecule has 0 fully saturated rings. The number of aromatic nitrogens is 4. The fraction of sp³-hybridized carbons (Fsp3) is 0.280. The molecule has 0 aliphatic carbocycles. The molecule has 0 aliphatic heterocycles. The van der Waals surface area contributed by atoms with Crippen LogP contribution in [-0.2, 0) is 17.4 Å². The molecule has 0 bridgehead atoms. The third kappa shape index (κ3) is 6.67. The van der Waals surface area contributed by atoms with E-state index in [0.29, 0.717) is 36.7 Å². The fourth-order valence-corrected chi connectivity index (χ4v) is 3.76. The number of nitrogens with zero attached hydrogens (tertiary/aromatic N) is 4. The number of hydrogen-bond donors (Lipinski definition) is 6. The van der Waals surface area contributed by atoms with Crippen molar-refractivity contribution in [3.63, 3.8) is 0 Å². The van der Waals surface area contributed by atoms with E-state index < -0.39 is 30.5 Å². The van der Waals surface area contributed by atoms with E-state index in [0.717, 1.165) is 0 Å². The van der Waals surface area contributed by atoms with E-state index >= 15 is 0 Å². The Morgan fingerprint density at radius 1 is 1.10 bits per heavy atom. The highest BCUT2D eigenvalue weighted by Gasteiger charge is 2.32. The van der Waals surface area contributed by atoms with E-state index in [2.05, 4.69) is 20.3 Å². The van der Waals surface area contributed by atoms with Crippen LogP contribution in [0.25, 0.3) is 16.8 Å². The van der Waals surface area contributed by atoms with Gasteiger partial charge in [-0.25, -0.2) is 19.3 Å². The molecule has 1 atom stereocenters. The largest absolute Gasteiger partial charge is 0.382 e. The summed E-state index contributed by atoms with van der Waals surface area (Å²) in [6.07, 6.45) is 1.23. The van der Waals surface area contributed by atoms with Gasteiger partial charge in [-0.1, -0.05) is 24.3 Å². The zero-order valence-corrected chi connectivity index (χ0v) is 21.5. The Labute approximate surface area is 221 Å². The van der Waals surface area contributed by atoms with Gasteiger partial charge < -0.3 is 31.5 Å². The number of rotatable bonds is 6. The predicted molar refractivity (Wildman–Crippen MR) is 137 cm³/mol. The second-order valence-corrected chi connectivity index (χ2v) is 8.04. The number of nitrogens with one attached hydrogen (secondary N) is 1. The monoisotopic (exact) mass is 550 g/mol. The van der Waals surface area contributed by atoms with Crippen LogP contribution < -0.4 is 11.1 Å². The average Bonchev–Trinajstić information content (AvgIpc) is 3.35. The fourth-order valence-electron chi connectivity index (χ4n) is 3.76. The van der Waals surface area contributed by atoms with Crippen LogP contribution in [0, 0.1) is 13.8 Å². The number of imidazole rings is 1. The van der Waals surface area contributed by atoms with Crippen molar-refractivity contribution in [2.24, 2.45) is 0 Å². The summed E-state index contributed by atoms with van der Waals surface area (Å²) >= 11 is 0. The molecular weight excluding hydrogens is 521 g/mol. The summed E-state index contributed by atoms with van der Waals surface area (Å²) < 4.78 is 33.2. The molecule has 0 saturated carbocycles. The molecule has 4 aromatic rings. The number of halogens is 3. The molecule has 0 radical (unpaired) electrons. The molecule has 0 spiro atoms. The highest BCUT2D eigenvalue weighted by molar-refractivity contribution is 5.94. The highest BCUT2D eigenvalue weighted by atomic mass is 19.1. The molecule has 39 heavy (non-hydrogen) atoms. The first-order chi connectivity index (χ1) is 18.5. The van der Waals surface area contributed by atoms with E-state index in [4.69, 9.17) is 5.73 Å². The SMILES string of the molecule is CF.CF.Cc1cc(NC(=O)C(O)c2cccc(CF)c2)ncc1-c1nc(C(O)(O)O)n2c(C)cnc(N)c12. The third-order valence-electron chi connectivity index (χ3n) is 5.45. The van der Waals surface area contributed by atoms with Gasteiger partial charge in [-0.05, 0) is 36.6 Å². The van der Waals surface area contributed by atoms with Gasteiger partial charge in [-0.15, -0.1) is 0 Å². The van der Waals surface area contributed by atoms with Crippen molar-refractivity contribution >= 4 is 23.1 Å². The van der Waals surface area contributed by atoms with Crippen molar-refractivity contribution in [1.82, 2.24) is 19.4 Å². The van der Waals surface area contributed by atoms with E-state index in [1.807, 2.05) is 0 Å². The molecule has 3 heterocycles. The van der Waals surface area contributed by atoms with Gasteiger partial charge in [0.2, 0.25) is 5.82 Å². The van der Waals surface area contributed by atoms with E-state index in [9.17, 15) is 38.4 Å². The van der Waals surface area contributed by atoms with Crippen LogP contribution in [0.15, 0.2) is 42.7 Å². The van der Waals surface area contributed by atoms with Crippen LogP contribution in [0.5, 0.6) is 0 Å². The molecule has 11 nitrogen and oxygen atoms in total. The maximum Gasteiger partial charge on any atom is 0.339 e. The molecule has 4 rings (SSSR count). The molecule has 0 saturated heterocycles. The first-order valence-corrected chi connectivity index (χ1v) is 11.2. The topological polar surface area (TPSA) is 179 Å². The number of anilines is 2. The van der Waals surface area contributed by atoms with Crippen LogP contribution in [0.1, 0.15) is 34.3 Å². The number of pyridine rings is 1. The first-order valence-electron chi connectivity index (χ1n) is 11.2. The van der Waals surface area contributed by atoms with Gasteiger partial charge in [-0.2, -0.15) is 0 Å². The summed E-state index contributed by atoms with van der Waals surface area (Å²) in [5.74, 6) is -4.33. The summed E-state index contributed by atoms with van der Waals surface area (Å²) in [5.41, 5.74) is 8.43. The number of fused-ring (bicyclic) bond motifs is 1. The lowest BCUT2D eigenvalue weighted by atomic mass is 10.1. The number of carbonyl (C=O) groups is 1. The number of amides is 1. The molecule has 210 valence electrons. The number of nitrogens with two attached hydrogens (primary N) is 1. The molecule has 7 N–H and O–H groups in total. The number of nitrogen functional groups attached to an aromatic ring is 1. The van der Waals surface area contributed by atoms with Crippen molar-refractivity contribution in [1.29, 1.82) is 0 Å². The Balaban J connectivity index is 0.00000127. The molecule has 14 heteroatoms. The van der Waals surface area contributed by atoms with Crippen LogP contribution >= 0.6 is 0 Å². The second-order valence-electron chi connectivity index (χ2n) is 8.04. The number of aliphatic hydroxyl groups is 4. The average molecular weight is 551 g/mol. The molecule has 1 unspecified atom stereocenters. The second kappa shape index (κ2) is 13.1. The van der Waals surface area contributed by atoms with Crippen LogP contribution in [0.3, 0.4) is 0 Å². The molecule has 3 aromatic heterocycles. The zero-order valence-electron chi connectivity index (χ0n) is 21.5. The molecule has 1 amide bonds. The number of carbonyl (C=O) groups excluding carboxylic acids is 1. The number of aliphatic hydroxyl groups excluding tert-OH is 1. The summed E-state index contributed by atoms with van der Waals surface area (Å²) in [7, 11) is 1.00. The Bertz CT molecular complexity index is 1440. The Morgan fingerprint density at radius 3 is 2.36 bits per heavy atom. The molecule has 1 aromatic carbocycles. The maximum absolute atomic E-state index is 12.9. The summed E-state index contributed by atoms with van der Waals surface area (Å²) in [5, 5.41) is 42.3. The van der Waals surface area contributed by atoms with Gasteiger partial charge in [-0.3, -0.25) is 18.0 Å². The molecule has 0 aliphatic rings. The van der Waals surface area contributed by atoms with Crippen molar-refractivity contribution in [3.05, 3.63) is 70.9 Å². The predicted octanol–water partition coefficient (Wildman–Crippen LogP) is 2.39. The standard InChI is InChI=1S/C23H23FN6O5.2CH3F/c1-11-6-16(28-21(32)19(31)14-5-3-4-13(7-14)8-24)26-10-15(11)17-18-20(25)27-9-12(2)30(18)22(29-17)23(33,34)35;2*1-2/h3-7,9-10,19,31,33-35H,8H2,1-2H3,(H2,25,27)(H,26,28,32);2*1H3. The summed E-state index contributed by atoms with van der Waals surface area (Å²) in [6, 6.07) is 7.52. The highest BCUT2D eigenvalue weighted by Crippen LogP contribution is 2.33. The van der Waals surface area contributed by atoms with Crippen molar-refractivity contribution < 1.29 is 38.4 Å². The summed E-state index contributed by atoms with van der Waals surface area (Å²) in [4.78, 5) is 25.0. The number of benzene rings is 1. The minimum absolute atomic E-state index is 0.0315. The lowest BCUT2D eigenvalue weighted by molar-refractivity contribution is -0.329. The van der Waals surface area contributed by atoms with Gasteiger partial charge in [0.15, 0.2) is 6.10 Å². The van der Waals surface area contributed by atoms with Gasteiger partial charge in [0.25, 0.3) is 5.91 Å². The Morgan fingerprint density at radius 2 is 1.77 bits per heavy atom. The van der Waals surface area contributed by atoms with Gasteiger partial charge >= 0.3 is 5.97 Å². The van der Waals surface area contributed by atoms with E-state index in [1.54, 1.807) is 26.0 Å². The minimum Gasteiger partial charge on any atom is -0.382 e. The third-order valence-corrected chi connectivity index (χ3v) is 5.45. The lowest BCUT2D eigenvalue weighted by Crippen LogP contribution is -2.27. The lowest BCUT2D eigenvalue weighted by Gasteiger charge is -2.13. The van der Waals surface area contributed by atoms with Crippen LogP contribution in [0.2, 0.25) is 0 Å². The zero-order chi connectivity index (χ0) is 29.5. The van der Waals surface area contributed by atoms with Crippen molar-refractivity contribution in [2.45, 2.75) is 32.6 Å². The Kier molecular flexibility index (Phi) is 10.5. The smallest absolute Gasteiger partial charge is 0.339 e. The van der Waals surface area contributed by atoms with Gasteiger partial charge in [0.05, 0.1) is 14.4 Å². The van der Waals surface area contributed by atoms with Crippen LogP contribution in [0.4, 0.5) is 24.8 Å². The quantitative estimate of drug-likeness (QED) is 0.197. The number of aryl methyl sites for hydroxylation is 2. The van der Waals surface area contributed by atoms with Gasteiger partial charge in [0, 0.05) is 23.7 Å². The first kappa shape index (κ1) is 31.1. The van der Waals surface area contributed by atoms with Crippen molar-refractivity contribution in [2.75, 3.05) is 25.4 Å². The van der Waals surface area contributed by atoms with Crippen LogP contribution in [-0.4, -0.2) is 60.0 Å². The normalized spacial score (nSPS) is 11.7. The van der Waals surface area contributed by atoms with E-state index in [1.165, 1.54) is 35.0 Å². The maximum atomic E-state index is 12.9. The van der Waals surface area contributed by atoms with Crippen molar-refractivity contribution in [3.8, 4) is 11.3 Å². The summed E-state index contributed by atoms with van der Waals surface area (Å²) in [6.45, 7) is 2.60. The number of hydrogen-bond acceptors (Lipinski definition) is 9. The molecular formula is C25H29F3N6O5. The van der Waals surface area contributed by atoms with Gasteiger partial charge in [0.1, 0.15) is 29.5 Å².